The van der Waals surface area contributed by atoms with E-state index in [1.54, 1.807) is 0 Å². The lowest BCUT2D eigenvalue weighted by molar-refractivity contribution is -0.122. The van der Waals surface area contributed by atoms with Crippen LogP contribution in [0.5, 0.6) is 0 Å². The first-order chi connectivity index (χ1) is 10.6. The van der Waals surface area contributed by atoms with Crippen molar-refractivity contribution in [1.29, 1.82) is 0 Å². The second-order valence-corrected chi connectivity index (χ2v) is 6.29. The van der Waals surface area contributed by atoms with Crippen molar-refractivity contribution in [3.8, 4) is 0 Å². The van der Waals surface area contributed by atoms with Crippen molar-refractivity contribution in [1.82, 2.24) is 10.2 Å². The van der Waals surface area contributed by atoms with Crippen LogP contribution in [0.25, 0.3) is 0 Å². The number of hydrogen-bond donors (Lipinski definition) is 1. The Balaban J connectivity index is 1.62. The summed E-state index contributed by atoms with van der Waals surface area (Å²) >= 11 is 0. The number of nitrogens with zero attached hydrogens (tertiary/aromatic N) is 1. The Morgan fingerprint density at radius 2 is 2.09 bits per heavy atom. The fraction of sp³-hybridized carbons (Fsp3) is 0.611. The van der Waals surface area contributed by atoms with Crippen molar-refractivity contribution >= 4 is 5.91 Å². The molecule has 1 aromatic rings. The molecule has 1 aliphatic rings. The second-order valence-electron chi connectivity index (χ2n) is 6.29. The Morgan fingerprint density at radius 3 is 2.77 bits per heavy atom. The van der Waals surface area contributed by atoms with Crippen LogP contribution in [0.4, 0.5) is 0 Å². The zero-order valence-electron chi connectivity index (χ0n) is 13.8. The fourth-order valence-corrected chi connectivity index (χ4v) is 2.77. The van der Waals surface area contributed by atoms with Crippen molar-refractivity contribution in [2.24, 2.45) is 0 Å². The van der Waals surface area contributed by atoms with E-state index in [-0.39, 0.29) is 5.91 Å². The smallest absolute Gasteiger partial charge is 0.234 e. The molecule has 22 heavy (non-hydrogen) atoms. The van der Waals surface area contributed by atoms with Crippen molar-refractivity contribution in [3.05, 3.63) is 35.4 Å². The number of aryl methyl sites for hydroxylation is 1. The summed E-state index contributed by atoms with van der Waals surface area (Å²) in [5, 5.41) is 3.00. The van der Waals surface area contributed by atoms with E-state index in [0.29, 0.717) is 19.2 Å². The standard InChI is InChI=1S/C18H28N2O2/c1-15-6-8-16(9-7-15)13-20(2)14-18(21)19-11-10-17-5-3-4-12-22-17/h6-9,17H,3-5,10-14H2,1-2H3,(H,19,21)/t17-/m1/s1. The Morgan fingerprint density at radius 1 is 1.32 bits per heavy atom. The third kappa shape index (κ3) is 6.16. The number of nitrogens with one attached hydrogen (secondary N) is 1. The van der Waals surface area contributed by atoms with Gasteiger partial charge in [0.25, 0.3) is 0 Å². The minimum Gasteiger partial charge on any atom is -0.378 e. The normalized spacial score (nSPS) is 18.4. The maximum absolute atomic E-state index is 11.9. The molecule has 1 aliphatic heterocycles. The largest absolute Gasteiger partial charge is 0.378 e. The highest BCUT2D eigenvalue weighted by Gasteiger charge is 2.14. The summed E-state index contributed by atoms with van der Waals surface area (Å²) in [6.45, 7) is 4.88. The second kappa shape index (κ2) is 8.91. The van der Waals surface area contributed by atoms with E-state index in [1.807, 2.05) is 11.9 Å². The van der Waals surface area contributed by atoms with Crippen molar-refractivity contribution < 1.29 is 9.53 Å². The highest BCUT2D eigenvalue weighted by Crippen LogP contribution is 2.14. The first kappa shape index (κ1) is 17.0. The van der Waals surface area contributed by atoms with Gasteiger partial charge in [-0.1, -0.05) is 29.8 Å². The van der Waals surface area contributed by atoms with Gasteiger partial charge in [-0.25, -0.2) is 0 Å². The molecule has 0 bridgehead atoms. The minimum absolute atomic E-state index is 0.0884. The summed E-state index contributed by atoms with van der Waals surface area (Å²) in [4.78, 5) is 14.0. The van der Waals surface area contributed by atoms with E-state index < -0.39 is 0 Å². The van der Waals surface area contributed by atoms with Gasteiger partial charge >= 0.3 is 0 Å². The zero-order valence-corrected chi connectivity index (χ0v) is 13.8. The summed E-state index contributed by atoms with van der Waals surface area (Å²) in [6, 6.07) is 8.44. The lowest BCUT2D eigenvalue weighted by Crippen LogP contribution is -2.36. The third-order valence-corrected chi connectivity index (χ3v) is 4.05. The summed E-state index contributed by atoms with van der Waals surface area (Å²) in [5.41, 5.74) is 2.49. The van der Waals surface area contributed by atoms with Crippen LogP contribution in [0, 0.1) is 6.92 Å². The highest BCUT2D eigenvalue weighted by molar-refractivity contribution is 5.77. The van der Waals surface area contributed by atoms with Crippen LogP contribution >= 0.6 is 0 Å². The molecule has 122 valence electrons. The average molecular weight is 304 g/mol. The van der Waals surface area contributed by atoms with Crippen LogP contribution in [0.15, 0.2) is 24.3 Å². The van der Waals surface area contributed by atoms with Gasteiger partial charge in [-0.2, -0.15) is 0 Å². The molecule has 0 spiro atoms. The van der Waals surface area contributed by atoms with Gasteiger partial charge in [-0.15, -0.1) is 0 Å². The van der Waals surface area contributed by atoms with E-state index in [9.17, 15) is 4.79 Å². The van der Waals surface area contributed by atoms with Crippen LogP contribution in [0.2, 0.25) is 0 Å². The molecular weight excluding hydrogens is 276 g/mol. The van der Waals surface area contributed by atoms with Gasteiger partial charge in [0, 0.05) is 19.7 Å². The molecule has 1 aromatic carbocycles. The maximum Gasteiger partial charge on any atom is 0.234 e. The molecule has 4 nitrogen and oxygen atoms in total. The minimum atomic E-state index is 0.0884. The van der Waals surface area contributed by atoms with E-state index in [1.165, 1.54) is 24.0 Å². The highest BCUT2D eigenvalue weighted by atomic mass is 16.5. The van der Waals surface area contributed by atoms with E-state index in [4.69, 9.17) is 4.74 Å². The number of ether oxygens (including phenoxy) is 1. The van der Waals surface area contributed by atoms with E-state index >= 15 is 0 Å². The SMILES string of the molecule is Cc1ccc(CN(C)CC(=O)NCC[C@H]2CCCCO2)cc1. The topological polar surface area (TPSA) is 41.6 Å². The molecule has 0 saturated carbocycles. The van der Waals surface area contributed by atoms with Crippen LogP contribution in [0.3, 0.4) is 0 Å². The number of hydrogen-bond acceptors (Lipinski definition) is 3. The first-order valence-electron chi connectivity index (χ1n) is 8.26. The predicted octanol–water partition coefficient (Wildman–Crippen LogP) is 2.50. The summed E-state index contributed by atoms with van der Waals surface area (Å²) in [7, 11) is 1.98. The monoisotopic (exact) mass is 304 g/mol. The van der Waals surface area contributed by atoms with Crippen molar-refractivity contribution in [2.45, 2.75) is 45.3 Å². The molecule has 0 unspecified atom stereocenters. The van der Waals surface area contributed by atoms with Gasteiger partial charge in [0.05, 0.1) is 12.6 Å². The Labute approximate surface area is 133 Å². The molecule has 0 aromatic heterocycles. The lowest BCUT2D eigenvalue weighted by atomic mass is 10.1. The molecule has 2 rings (SSSR count). The van der Waals surface area contributed by atoms with Crippen LogP contribution < -0.4 is 5.32 Å². The van der Waals surface area contributed by atoms with Gasteiger partial charge in [0.2, 0.25) is 5.91 Å². The summed E-state index contributed by atoms with van der Waals surface area (Å²) in [6.07, 6.45) is 4.81. The molecule has 0 radical (unpaired) electrons. The molecule has 4 heteroatoms. The zero-order chi connectivity index (χ0) is 15.8. The number of benzene rings is 1. The number of amides is 1. The fourth-order valence-electron chi connectivity index (χ4n) is 2.77. The van der Waals surface area contributed by atoms with Gasteiger partial charge in [0.15, 0.2) is 0 Å². The Bertz CT molecular complexity index is 453. The predicted molar refractivity (Wildman–Crippen MR) is 88.7 cm³/mol. The number of carbonyl (C=O) groups excluding carboxylic acids is 1. The third-order valence-electron chi connectivity index (χ3n) is 4.05. The lowest BCUT2D eigenvalue weighted by Gasteiger charge is -2.22. The first-order valence-corrected chi connectivity index (χ1v) is 8.26. The number of likely N-dealkylation sites (N-methyl/N-ethyl adjacent to an activating group) is 1. The molecule has 1 N–H and O–H groups in total. The van der Waals surface area contributed by atoms with Crippen molar-refractivity contribution in [2.75, 3.05) is 26.7 Å². The van der Waals surface area contributed by atoms with Crippen LogP contribution in [-0.2, 0) is 16.1 Å². The molecule has 1 amide bonds. The summed E-state index contributed by atoms with van der Waals surface area (Å²) in [5.74, 6) is 0.0884. The maximum atomic E-state index is 11.9. The van der Waals surface area contributed by atoms with Gasteiger partial charge in [0.1, 0.15) is 0 Å². The van der Waals surface area contributed by atoms with Crippen LogP contribution in [-0.4, -0.2) is 43.7 Å². The average Bonchev–Trinajstić information content (AvgIpc) is 2.50. The quantitative estimate of drug-likeness (QED) is 0.841. The van der Waals surface area contributed by atoms with E-state index in [0.717, 1.165) is 26.0 Å². The molecule has 1 heterocycles. The Kier molecular flexibility index (Phi) is 6.87. The molecule has 1 fully saturated rings. The van der Waals surface area contributed by atoms with E-state index in [2.05, 4.69) is 36.5 Å². The van der Waals surface area contributed by atoms with Crippen molar-refractivity contribution in [3.63, 3.8) is 0 Å². The molecule has 1 atom stereocenters. The number of rotatable bonds is 7. The van der Waals surface area contributed by atoms with Crippen LogP contribution in [0.1, 0.15) is 36.8 Å². The van der Waals surface area contributed by atoms with Gasteiger partial charge < -0.3 is 10.1 Å². The molecule has 1 saturated heterocycles. The number of carbonyl (C=O) groups is 1. The van der Waals surface area contributed by atoms with Gasteiger partial charge in [-0.3, -0.25) is 9.69 Å². The molecular formula is C18H28N2O2. The molecule has 0 aliphatic carbocycles. The van der Waals surface area contributed by atoms with Gasteiger partial charge in [-0.05, 0) is 45.2 Å². The Hall–Kier alpha value is -1.39. The summed E-state index contributed by atoms with van der Waals surface area (Å²) < 4.78 is 5.67.